The third kappa shape index (κ3) is 3.78. The van der Waals surface area contributed by atoms with E-state index in [9.17, 15) is 4.79 Å². The van der Waals surface area contributed by atoms with Gasteiger partial charge in [0.25, 0.3) is 5.91 Å². The summed E-state index contributed by atoms with van der Waals surface area (Å²) in [6.45, 7) is 2.80. The van der Waals surface area contributed by atoms with E-state index in [1.807, 2.05) is 37.4 Å². The molecule has 27 heavy (non-hydrogen) atoms. The molecule has 3 aromatic rings. The molecule has 1 aliphatic carbocycles. The van der Waals surface area contributed by atoms with E-state index in [1.165, 1.54) is 11.3 Å². The van der Waals surface area contributed by atoms with E-state index in [2.05, 4.69) is 62.0 Å². The van der Waals surface area contributed by atoms with Gasteiger partial charge >= 0.3 is 0 Å². The molecule has 0 aliphatic heterocycles. The lowest BCUT2D eigenvalue weighted by atomic mass is 9.92. The first-order valence-corrected chi connectivity index (χ1v) is 10.4. The minimum Gasteiger partial charge on any atom is -0.345 e. The van der Waals surface area contributed by atoms with Gasteiger partial charge in [0.15, 0.2) is 0 Å². The predicted molar refractivity (Wildman–Crippen MR) is 115 cm³/mol. The molecule has 2 aromatic carbocycles. The number of carbonyl (C=O) groups excluding carboxylic acids is 1. The number of fused-ring (bicyclic) bond motifs is 1. The normalized spacial score (nSPS) is 16.0. The Balaban J connectivity index is 1.55. The van der Waals surface area contributed by atoms with Crippen molar-refractivity contribution in [1.29, 1.82) is 0 Å². The monoisotopic (exact) mass is 471 g/mol. The summed E-state index contributed by atoms with van der Waals surface area (Å²) in [4.78, 5) is 12.9. The molecule has 0 bridgehead atoms. The molecule has 1 unspecified atom stereocenters. The molecule has 1 heterocycles. The highest BCUT2D eigenvalue weighted by atomic mass is 127. The standard InChI is InChI=1S/C22H22IN3O/c1-15-7-5-10-17(21(15)23)22(27)25-19-11-6-12-20-18(19)13-24-26(20)14-16-8-3-2-4-9-16/h2-5,7-10,13,19H,6,11-12,14H2,1H3,(H,25,27). The number of hydrogen-bond donors (Lipinski definition) is 1. The van der Waals surface area contributed by atoms with Crippen LogP contribution in [0.1, 0.15) is 51.6 Å². The number of benzene rings is 2. The molecule has 4 rings (SSSR count). The Labute approximate surface area is 173 Å². The highest BCUT2D eigenvalue weighted by Gasteiger charge is 2.26. The molecule has 0 fully saturated rings. The first kappa shape index (κ1) is 18.2. The van der Waals surface area contributed by atoms with Crippen LogP contribution in [0.2, 0.25) is 0 Å². The average molecular weight is 471 g/mol. The van der Waals surface area contributed by atoms with Crippen LogP contribution in [0.15, 0.2) is 54.7 Å². The van der Waals surface area contributed by atoms with Gasteiger partial charge in [-0.15, -0.1) is 0 Å². The number of halogens is 1. The van der Waals surface area contributed by atoms with E-state index < -0.39 is 0 Å². The van der Waals surface area contributed by atoms with Crippen molar-refractivity contribution in [3.8, 4) is 0 Å². The summed E-state index contributed by atoms with van der Waals surface area (Å²) in [7, 11) is 0. The van der Waals surface area contributed by atoms with Crippen molar-refractivity contribution < 1.29 is 4.79 Å². The molecule has 0 saturated heterocycles. The summed E-state index contributed by atoms with van der Waals surface area (Å²) >= 11 is 2.25. The van der Waals surface area contributed by atoms with E-state index >= 15 is 0 Å². The second-order valence-electron chi connectivity index (χ2n) is 7.04. The van der Waals surface area contributed by atoms with Crippen molar-refractivity contribution in [2.45, 2.75) is 38.8 Å². The first-order valence-electron chi connectivity index (χ1n) is 9.28. The van der Waals surface area contributed by atoms with Crippen molar-refractivity contribution in [3.63, 3.8) is 0 Å². The lowest BCUT2D eigenvalue weighted by molar-refractivity contribution is 0.0931. The zero-order valence-electron chi connectivity index (χ0n) is 15.3. The number of hydrogen-bond acceptors (Lipinski definition) is 2. The number of nitrogens with one attached hydrogen (secondary N) is 1. The molecule has 1 amide bonds. The summed E-state index contributed by atoms with van der Waals surface area (Å²) in [5.74, 6) is -0.00300. The molecule has 0 radical (unpaired) electrons. The van der Waals surface area contributed by atoms with Gasteiger partial charge < -0.3 is 5.32 Å². The second kappa shape index (κ2) is 7.84. The van der Waals surface area contributed by atoms with Gasteiger partial charge in [0.2, 0.25) is 0 Å². The fourth-order valence-corrected chi connectivity index (χ4v) is 4.32. The molecule has 1 aliphatic rings. The average Bonchev–Trinajstić information content (AvgIpc) is 3.09. The van der Waals surface area contributed by atoms with Crippen LogP contribution in [0.25, 0.3) is 0 Å². The van der Waals surface area contributed by atoms with Crippen molar-refractivity contribution >= 4 is 28.5 Å². The number of rotatable bonds is 4. The van der Waals surface area contributed by atoms with Gasteiger partial charge in [0.05, 0.1) is 24.3 Å². The van der Waals surface area contributed by atoms with Crippen molar-refractivity contribution in [2.24, 2.45) is 0 Å². The Hall–Kier alpha value is -2.15. The van der Waals surface area contributed by atoms with Crippen LogP contribution in [0.5, 0.6) is 0 Å². The Bertz CT molecular complexity index is 965. The second-order valence-corrected chi connectivity index (χ2v) is 8.12. The fraction of sp³-hybridized carbons (Fsp3) is 0.273. The Kier molecular flexibility index (Phi) is 5.29. The van der Waals surface area contributed by atoms with Crippen LogP contribution >= 0.6 is 22.6 Å². The zero-order valence-corrected chi connectivity index (χ0v) is 17.4. The minimum absolute atomic E-state index is 0.00300. The lowest BCUT2D eigenvalue weighted by Crippen LogP contribution is -2.31. The Morgan fingerprint density at radius 3 is 2.85 bits per heavy atom. The van der Waals surface area contributed by atoms with Gasteiger partial charge in [-0.25, -0.2) is 0 Å². The van der Waals surface area contributed by atoms with Gasteiger partial charge in [-0.2, -0.15) is 5.10 Å². The predicted octanol–water partition coefficient (Wildman–Crippen LogP) is 4.65. The quantitative estimate of drug-likeness (QED) is 0.564. The Morgan fingerprint density at radius 1 is 1.22 bits per heavy atom. The van der Waals surface area contributed by atoms with Crippen LogP contribution in [-0.4, -0.2) is 15.7 Å². The van der Waals surface area contributed by atoms with Crippen LogP contribution in [-0.2, 0) is 13.0 Å². The zero-order chi connectivity index (χ0) is 18.8. The van der Waals surface area contributed by atoms with E-state index in [0.717, 1.165) is 46.1 Å². The van der Waals surface area contributed by atoms with Crippen molar-refractivity contribution in [2.75, 3.05) is 0 Å². The summed E-state index contributed by atoms with van der Waals surface area (Å²) < 4.78 is 3.10. The topological polar surface area (TPSA) is 46.9 Å². The summed E-state index contributed by atoms with van der Waals surface area (Å²) in [5.41, 5.74) is 5.52. The van der Waals surface area contributed by atoms with Crippen LogP contribution in [0, 0.1) is 10.5 Å². The van der Waals surface area contributed by atoms with Crippen LogP contribution in [0.4, 0.5) is 0 Å². The molecule has 0 spiro atoms. The SMILES string of the molecule is Cc1cccc(C(=O)NC2CCCc3c2cnn3Cc2ccccc2)c1I. The maximum atomic E-state index is 12.9. The van der Waals surface area contributed by atoms with Gasteiger partial charge in [-0.05, 0) is 66.0 Å². The van der Waals surface area contributed by atoms with Crippen molar-refractivity contribution in [3.05, 3.63) is 86.2 Å². The minimum atomic E-state index is -0.00300. The molecule has 4 nitrogen and oxygen atoms in total. The summed E-state index contributed by atoms with van der Waals surface area (Å²) in [5, 5.41) is 7.86. The molecule has 1 atom stereocenters. The maximum absolute atomic E-state index is 12.9. The lowest BCUT2D eigenvalue weighted by Gasteiger charge is -2.24. The molecule has 138 valence electrons. The molecular formula is C22H22IN3O. The molecule has 0 saturated carbocycles. The maximum Gasteiger partial charge on any atom is 0.252 e. The number of carbonyl (C=O) groups is 1. The number of aryl methyl sites for hydroxylation is 1. The van der Waals surface area contributed by atoms with Gasteiger partial charge in [-0.3, -0.25) is 9.48 Å². The molecular weight excluding hydrogens is 449 g/mol. The molecule has 1 N–H and O–H groups in total. The third-order valence-corrected chi connectivity index (χ3v) is 6.61. The van der Waals surface area contributed by atoms with Gasteiger partial charge in [0.1, 0.15) is 0 Å². The van der Waals surface area contributed by atoms with E-state index in [4.69, 9.17) is 0 Å². The molecule has 5 heteroatoms. The van der Waals surface area contributed by atoms with E-state index in [0.29, 0.717) is 0 Å². The molecule has 1 aromatic heterocycles. The summed E-state index contributed by atoms with van der Waals surface area (Å²) in [6, 6.07) is 16.3. The number of nitrogens with zero attached hydrogens (tertiary/aromatic N) is 2. The number of amides is 1. The van der Waals surface area contributed by atoms with E-state index in [-0.39, 0.29) is 11.9 Å². The van der Waals surface area contributed by atoms with Crippen LogP contribution < -0.4 is 5.32 Å². The smallest absolute Gasteiger partial charge is 0.252 e. The highest BCUT2D eigenvalue weighted by molar-refractivity contribution is 14.1. The fourth-order valence-electron chi connectivity index (χ4n) is 3.72. The van der Waals surface area contributed by atoms with Crippen LogP contribution in [0.3, 0.4) is 0 Å². The largest absolute Gasteiger partial charge is 0.345 e. The Morgan fingerprint density at radius 2 is 2.04 bits per heavy atom. The first-order chi connectivity index (χ1) is 13.1. The van der Waals surface area contributed by atoms with Gasteiger partial charge in [-0.1, -0.05) is 42.5 Å². The number of aromatic nitrogens is 2. The van der Waals surface area contributed by atoms with Gasteiger partial charge in [0, 0.05) is 14.8 Å². The van der Waals surface area contributed by atoms with Crippen molar-refractivity contribution in [1.82, 2.24) is 15.1 Å². The highest BCUT2D eigenvalue weighted by Crippen LogP contribution is 2.30. The third-order valence-electron chi connectivity index (χ3n) is 5.18. The van der Waals surface area contributed by atoms with E-state index in [1.54, 1.807) is 0 Å². The summed E-state index contributed by atoms with van der Waals surface area (Å²) in [6.07, 6.45) is 4.96.